The fourth-order valence-electron chi connectivity index (χ4n) is 0.729. The molecule has 0 rings (SSSR count). The molecule has 0 saturated heterocycles. The number of rotatable bonds is 7. The van der Waals surface area contributed by atoms with E-state index < -0.39 is 50.1 Å². The van der Waals surface area contributed by atoms with Crippen molar-refractivity contribution in [2.24, 2.45) is 5.73 Å². The van der Waals surface area contributed by atoms with Crippen molar-refractivity contribution in [2.45, 2.75) is 20.3 Å². The number of Topliss-reactive ketones (excluding diaryl/α,β-unsaturated/α-hetero) is 1. The van der Waals surface area contributed by atoms with Crippen LogP contribution >= 0.6 is 0 Å². The monoisotopic (exact) mass is 447 g/mol. The van der Waals surface area contributed by atoms with Crippen molar-refractivity contribution < 1.29 is 56.1 Å². The van der Waals surface area contributed by atoms with Gasteiger partial charge in [0, 0.05) is 18.7 Å². The van der Waals surface area contributed by atoms with E-state index in [1.165, 1.54) is 21.1 Å². The average Bonchev–Trinajstić information content (AvgIpc) is 2.74. The van der Waals surface area contributed by atoms with Crippen LogP contribution in [0.5, 0.6) is 0 Å². The van der Waals surface area contributed by atoms with Crippen LogP contribution in [0.25, 0.3) is 0 Å². The zero-order valence-electron chi connectivity index (χ0n) is 17.5. The van der Waals surface area contributed by atoms with E-state index >= 15 is 0 Å². The average molecular weight is 447 g/mol. The second-order valence-electron chi connectivity index (χ2n) is 4.44. The standard InChI is InChI=1S/C5H8FNO2.C5H7FO3.C4H7FO2.C3H6O2/c2*1-9-5(8)2-4(7)3-6;1-2-7-4(6)3-5;1-3(4)5-2/h2H,3,7H2,1H3;2-3H2,1H3;2-3H2,1H3;1-2H3/b4-2-;;;. The third kappa shape index (κ3) is 35.9. The fourth-order valence-corrected chi connectivity index (χ4v) is 0.729. The van der Waals surface area contributed by atoms with Gasteiger partial charge in [-0.25, -0.2) is 22.8 Å². The van der Waals surface area contributed by atoms with Gasteiger partial charge in [0.25, 0.3) is 0 Å². The van der Waals surface area contributed by atoms with Crippen molar-refractivity contribution in [1.29, 1.82) is 0 Å². The van der Waals surface area contributed by atoms with E-state index in [4.69, 9.17) is 5.73 Å². The molecule has 0 aromatic heterocycles. The molecule has 0 aliphatic carbocycles. The molecule has 0 fully saturated rings. The van der Waals surface area contributed by atoms with Crippen LogP contribution in [0, 0.1) is 0 Å². The maximum absolute atomic E-state index is 11.5. The van der Waals surface area contributed by atoms with Gasteiger partial charge in [-0.05, 0) is 6.92 Å². The summed E-state index contributed by atoms with van der Waals surface area (Å²) >= 11 is 0. The third-order valence-electron chi connectivity index (χ3n) is 2.08. The second kappa shape index (κ2) is 25.9. The Bertz CT molecular complexity index is 527. The summed E-state index contributed by atoms with van der Waals surface area (Å²) in [4.78, 5) is 49.9. The van der Waals surface area contributed by atoms with Crippen LogP contribution in [0.4, 0.5) is 13.2 Å². The van der Waals surface area contributed by atoms with E-state index in [2.05, 4.69) is 18.9 Å². The van der Waals surface area contributed by atoms with E-state index in [0.29, 0.717) is 0 Å². The van der Waals surface area contributed by atoms with E-state index in [-0.39, 0.29) is 18.3 Å². The number of methoxy groups -OCH3 is 3. The highest BCUT2D eigenvalue weighted by Crippen LogP contribution is 1.86. The molecule has 0 bridgehead atoms. The maximum atomic E-state index is 11.5. The Hall–Kier alpha value is -3.12. The largest absolute Gasteiger partial charge is 0.469 e. The highest BCUT2D eigenvalue weighted by atomic mass is 19.1. The van der Waals surface area contributed by atoms with Gasteiger partial charge < -0.3 is 24.7 Å². The molecule has 2 N–H and O–H groups in total. The van der Waals surface area contributed by atoms with E-state index in [9.17, 15) is 37.1 Å². The van der Waals surface area contributed by atoms with Gasteiger partial charge in [-0.2, -0.15) is 0 Å². The van der Waals surface area contributed by atoms with Gasteiger partial charge in [0.05, 0.1) is 27.9 Å². The van der Waals surface area contributed by atoms with Crippen LogP contribution in [-0.2, 0) is 42.9 Å². The molecule has 0 saturated carbocycles. The molecule has 0 aliphatic rings. The SMILES string of the molecule is CCOC(=O)CF.COC(=O)/C=C(\N)CF.COC(=O)CC(=O)CF.COC(C)=O. The van der Waals surface area contributed by atoms with Gasteiger partial charge in [-0.3, -0.25) is 14.4 Å². The number of hydrogen-bond acceptors (Lipinski definition) is 10. The number of nitrogens with two attached hydrogens (primary N) is 1. The highest BCUT2D eigenvalue weighted by Gasteiger charge is 2.07. The molecule has 176 valence electrons. The molecule has 0 amide bonds. The van der Waals surface area contributed by atoms with Gasteiger partial charge in [0.1, 0.15) is 19.8 Å². The van der Waals surface area contributed by atoms with Crippen LogP contribution in [0.1, 0.15) is 20.3 Å². The lowest BCUT2D eigenvalue weighted by Crippen LogP contribution is -2.10. The molecule has 0 aromatic carbocycles. The summed E-state index contributed by atoms with van der Waals surface area (Å²) in [6.07, 6.45) is 0.437. The number of allylic oxidation sites excluding steroid dienone is 1. The summed E-state index contributed by atoms with van der Waals surface area (Å²) in [5.74, 6) is -3.11. The van der Waals surface area contributed by atoms with Crippen LogP contribution in [-0.4, -0.2) is 77.6 Å². The molecule has 0 aliphatic heterocycles. The van der Waals surface area contributed by atoms with Crippen LogP contribution < -0.4 is 5.73 Å². The smallest absolute Gasteiger partial charge is 0.337 e. The molecule has 13 heteroatoms. The summed E-state index contributed by atoms with van der Waals surface area (Å²) < 4.78 is 50.5. The minimum absolute atomic E-state index is 0.123. The van der Waals surface area contributed by atoms with Crippen LogP contribution in [0.3, 0.4) is 0 Å². The molecule has 0 spiro atoms. The van der Waals surface area contributed by atoms with Crippen molar-refractivity contribution in [2.75, 3.05) is 48.0 Å². The van der Waals surface area contributed by atoms with Gasteiger partial charge in [-0.15, -0.1) is 0 Å². The van der Waals surface area contributed by atoms with Crippen LogP contribution in [0.15, 0.2) is 11.8 Å². The predicted molar refractivity (Wildman–Crippen MR) is 98.2 cm³/mol. The molecule has 0 unspecified atom stereocenters. The number of carbonyl (C=O) groups excluding carboxylic acids is 5. The minimum Gasteiger partial charge on any atom is -0.469 e. The fraction of sp³-hybridized carbons (Fsp3) is 0.588. The summed E-state index contributed by atoms with van der Waals surface area (Å²) in [6, 6.07) is 0. The number of esters is 4. The topological polar surface area (TPSA) is 148 Å². The number of carbonyl (C=O) groups is 5. The van der Waals surface area contributed by atoms with E-state index in [1.807, 2.05) is 0 Å². The molecule has 30 heavy (non-hydrogen) atoms. The third-order valence-corrected chi connectivity index (χ3v) is 2.08. The second-order valence-corrected chi connectivity index (χ2v) is 4.44. The van der Waals surface area contributed by atoms with Crippen molar-refractivity contribution >= 4 is 29.7 Å². The summed E-state index contributed by atoms with van der Waals surface area (Å²) in [6.45, 7) is 0.300. The first-order chi connectivity index (χ1) is 14.0. The number of ketones is 1. The lowest BCUT2D eigenvalue weighted by molar-refractivity contribution is -0.144. The first-order valence-electron chi connectivity index (χ1n) is 7.99. The van der Waals surface area contributed by atoms with Gasteiger partial charge >= 0.3 is 23.9 Å². The highest BCUT2D eigenvalue weighted by molar-refractivity contribution is 5.96. The minimum atomic E-state index is -1.10. The Balaban J connectivity index is -0.000000154. The normalized spacial score (nSPS) is 9.00. The van der Waals surface area contributed by atoms with Gasteiger partial charge in [-0.1, -0.05) is 0 Å². The Morgan fingerprint density at radius 2 is 1.33 bits per heavy atom. The predicted octanol–water partition coefficient (Wildman–Crippen LogP) is 0.758. The van der Waals surface area contributed by atoms with Crippen molar-refractivity contribution in [1.82, 2.24) is 0 Å². The molecule has 0 aromatic rings. The first-order valence-corrected chi connectivity index (χ1v) is 7.99. The zero-order valence-corrected chi connectivity index (χ0v) is 17.5. The van der Waals surface area contributed by atoms with E-state index in [1.54, 1.807) is 6.92 Å². The first kappa shape index (κ1) is 34.4. The zero-order chi connectivity index (χ0) is 24.5. The lowest BCUT2D eigenvalue weighted by atomic mass is 10.3. The molecule has 0 heterocycles. The van der Waals surface area contributed by atoms with Gasteiger partial charge in [0.2, 0.25) is 0 Å². The van der Waals surface area contributed by atoms with E-state index in [0.717, 1.165) is 13.2 Å². The Morgan fingerprint density at radius 3 is 1.57 bits per heavy atom. The Labute approximate surface area is 172 Å². The maximum Gasteiger partial charge on any atom is 0.337 e. The summed E-state index contributed by atoms with van der Waals surface area (Å²) in [7, 11) is 3.69. The van der Waals surface area contributed by atoms with Crippen LogP contribution in [0.2, 0.25) is 0 Å². The van der Waals surface area contributed by atoms with Crippen molar-refractivity contribution in [3.05, 3.63) is 11.8 Å². The molecular formula is C17H28F3NO9. The molecule has 0 radical (unpaired) electrons. The number of halogens is 3. The Morgan fingerprint density at radius 1 is 0.833 bits per heavy atom. The van der Waals surface area contributed by atoms with Crippen molar-refractivity contribution in [3.63, 3.8) is 0 Å². The lowest BCUT2D eigenvalue weighted by Gasteiger charge is -1.92. The summed E-state index contributed by atoms with van der Waals surface area (Å²) in [5, 5.41) is 0. The Kier molecular flexibility index (Phi) is 29.7. The quantitative estimate of drug-likeness (QED) is 0.257. The molecular weight excluding hydrogens is 419 g/mol. The number of hydrogen-bond donors (Lipinski definition) is 1. The number of ether oxygens (including phenoxy) is 4. The van der Waals surface area contributed by atoms with Crippen molar-refractivity contribution in [3.8, 4) is 0 Å². The van der Waals surface area contributed by atoms with Gasteiger partial charge in [0.15, 0.2) is 12.5 Å². The molecule has 0 atom stereocenters. The number of alkyl halides is 3. The molecule has 10 nitrogen and oxygen atoms in total. The summed E-state index contributed by atoms with van der Waals surface area (Å²) in [5.41, 5.74) is 4.81.